The summed E-state index contributed by atoms with van der Waals surface area (Å²) >= 11 is 0. The first-order chi connectivity index (χ1) is 10.4. The molecule has 22 heavy (non-hydrogen) atoms. The fraction of sp³-hybridized carbons (Fsp3) is 0.200. The topological polar surface area (TPSA) is 90.0 Å². The average molecular weight is 298 g/mol. The van der Waals surface area contributed by atoms with E-state index in [1.165, 1.54) is 6.20 Å². The third-order valence-electron chi connectivity index (χ3n) is 3.49. The molecule has 0 bridgehead atoms. The molecule has 7 heteroatoms. The van der Waals surface area contributed by atoms with Gasteiger partial charge in [-0.2, -0.15) is 0 Å². The first-order valence-electron chi connectivity index (χ1n) is 6.63. The fourth-order valence-electron chi connectivity index (χ4n) is 2.55. The van der Waals surface area contributed by atoms with Crippen LogP contribution in [0.15, 0.2) is 35.3 Å². The van der Waals surface area contributed by atoms with E-state index in [2.05, 4.69) is 16.9 Å². The molecule has 0 atom stereocenters. The van der Waals surface area contributed by atoms with Gasteiger partial charge in [-0.3, -0.25) is 4.79 Å². The largest absolute Gasteiger partial charge is 0.477 e. The summed E-state index contributed by atoms with van der Waals surface area (Å²) in [5.74, 6) is -1.25. The number of allylic oxidation sites excluding steroid dienone is 1. The summed E-state index contributed by atoms with van der Waals surface area (Å²) in [6, 6.07) is 3.33. The number of carbonyl (C=O) groups is 1. The molecule has 0 fully saturated rings. The standard InChI is InChI=1S/C15H14N4O3/c1-8(2)6-19-7-10(15(21)22)14(20)9-4-5-11-12(13(9)19)16-17-18(11)3/h4-5,7H,1,6H2,2-3H3,(H,21,22). The van der Waals surface area contributed by atoms with E-state index in [-0.39, 0.29) is 5.56 Å². The zero-order valence-corrected chi connectivity index (χ0v) is 12.2. The van der Waals surface area contributed by atoms with E-state index in [0.29, 0.717) is 23.0 Å². The minimum absolute atomic E-state index is 0.267. The minimum Gasteiger partial charge on any atom is -0.477 e. The van der Waals surface area contributed by atoms with Crippen molar-refractivity contribution in [2.24, 2.45) is 7.05 Å². The van der Waals surface area contributed by atoms with Crippen molar-refractivity contribution in [3.8, 4) is 0 Å². The van der Waals surface area contributed by atoms with Gasteiger partial charge in [-0.15, -0.1) is 5.10 Å². The number of hydrogen-bond donors (Lipinski definition) is 1. The van der Waals surface area contributed by atoms with Gasteiger partial charge >= 0.3 is 5.97 Å². The number of hydrogen-bond acceptors (Lipinski definition) is 4. The first-order valence-corrected chi connectivity index (χ1v) is 6.63. The maximum Gasteiger partial charge on any atom is 0.341 e. The molecule has 0 spiro atoms. The second kappa shape index (κ2) is 4.80. The number of carboxylic acids is 1. The zero-order valence-electron chi connectivity index (χ0n) is 12.2. The maximum absolute atomic E-state index is 12.4. The molecule has 0 aliphatic rings. The third-order valence-corrected chi connectivity index (χ3v) is 3.49. The molecule has 1 aromatic carbocycles. The normalized spacial score (nSPS) is 11.2. The van der Waals surface area contributed by atoms with Crippen molar-refractivity contribution in [2.45, 2.75) is 13.5 Å². The number of aromatic nitrogens is 4. The van der Waals surface area contributed by atoms with Crippen molar-refractivity contribution < 1.29 is 9.90 Å². The van der Waals surface area contributed by atoms with E-state index < -0.39 is 11.4 Å². The van der Waals surface area contributed by atoms with Gasteiger partial charge in [0.1, 0.15) is 11.1 Å². The molecule has 0 amide bonds. The average Bonchev–Trinajstić information content (AvgIpc) is 2.82. The van der Waals surface area contributed by atoms with Crippen LogP contribution in [0.25, 0.3) is 21.9 Å². The highest BCUT2D eigenvalue weighted by Gasteiger charge is 2.18. The summed E-state index contributed by atoms with van der Waals surface area (Å²) in [7, 11) is 1.76. The molecule has 112 valence electrons. The molecular weight excluding hydrogens is 284 g/mol. The lowest BCUT2D eigenvalue weighted by atomic mass is 10.1. The predicted octanol–water partition coefficient (Wildman–Crippen LogP) is 1.56. The Balaban J connectivity index is 2.53. The first kappa shape index (κ1) is 14.0. The lowest BCUT2D eigenvalue weighted by molar-refractivity contribution is 0.0695. The number of aryl methyl sites for hydroxylation is 1. The van der Waals surface area contributed by atoms with Crippen molar-refractivity contribution in [1.82, 2.24) is 19.6 Å². The quantitative estimate of drug-likeness (QED) is 0.741. The van der Waals surface area contributed by atoms with Crippen LogP contribution in [0.5, 0.6) is 0 Å². The van der Waals surface area contributed by atoms with E-state index in [1.54, 1.807) is 28.4 Å². The minimum atomic E-state index is -1.25. The molecule has 0 saturated carbocycles. The Hall–Kier alpha value is -2.96. The number of aromatic carboxylic acids is 1. The van der Waals surface area contributed by atoms with Gasteiger partial charge in [0.2, 0.25) is 5.43 Å². The summed E-state index contributed by atoms with van der Waals surface area (Å²) in [6.07, 6.45) is 1.34. The highest BCUT2D eigenvalue weighted by atomic mass is 16.4. The highest BCUT2D eigenvalue weighted by molar-refractivity contribution is 6.03. The molecule has 1 N–H and O–H groups in total. The third kappa shape index (κ3) is 1.98. The lowest BCUT2D eigenvalue weighted by Gasteiger charge is -2.12. The van der Waals surface area contributed by atoms with Crippen molar-refractivity contribution in [1.29, 1.82) is 0 Å². The van der Waals surface area contributed by atoms with Crippen LogP contribution in [-0.4, -0.2) is 30.6 Å². The second-order valence-corrected chi connectivity index (χ2v) is 5.30. The summed E-state index contributed by atoms with van der Waals surface area (Å²) in [6.45, 7) is 6.08. The molecule has 3 aromatic rings. The van der Waals surface area contributed by atoms with Gasteiger partial charge < -0.3 is 9.67 Å². The van der Waals surface area contributed by atoms with E-state index in [4.69, 9.17) is 0 Å². The van der Waals surface area contributed by atoms with Gasteiger partial charge in [0.15, 0.2) is 0 Å². The Morgan fingerprint density at radius 1 is 1.41 bits per heavy atom. The van der Waals surface area contributed by atoms with Crippen molar-refractivity contribution in [3.05, 3.63) is 46.3 Å². The van der Waals surface area contributed by atoms with Crippen LogP contribution in [0.4, 0.5) is 0 Å². The number of benzene rings is 1. The Bertz CT molecular complexity index is 997. The number of pyridine rings is 1. The monoisotopic (exact) mass is 298 g/mol. The van der Waals surface area contributed by atoms with Gasteiger partial charge in [-0.05, 0) is 19.1 Å². The Labute approximate surface area is 125 Å². The predicted molar refractivity (Wildman–Crippen MR) is 82.0 cm³/mol. The van der Waals surface area contributed by atoms with Crippen LogP contribution in [0.1, 0.15) is 17.3 Å². The molecule has 0 aliphatic carbocycles. The van der Waals surface area contributed by atoms with Crippen molar-refractivity contribution in [3.63, 3.8) is 0 Å². The number of carboxylic acid groups (broad SMARTS) is 1. The van der Waals surface area contributed by atoms with Gasteiger partial charge in [0.05, 0.1) is 11.0 Å². The van der Waals surface area contributed by atoms with Crippen molar-refractivity contribution >= 4 is 27.9 Å². The van der Waals surface area contributed by atoms with Crippen LogP contribution in [0, 0.1) is 0 Å². The molecule has 0 aliphatic heterocycles. The summed E-state index contributed by atoms with van der Waals surface area (Å²) in [5.41, 5.74) is 1.96. The van der Waals surface area contributed by atoms with E-state index >= 15 is 0 Å². The van der Waals surface area contributed by atoms with Crippen LogP contribution in [0.3, 0.4) is 0 Å². The van der Waals surface area contributed by atoms with Gasteiger partial charge in [0, 0.05) is 25.2 Å². The number of rotatable bonds is 3. The molecule has 2 aromatic heterocycles. The Kier molecular flexibility index (Phi) is 3.05. The number of nitrogens with zero attached hydrogens (tertiary/aromatic N) is 4. The molecule has 0 unspecified atom stereocenters. The van der Waals surface area contributed by atoms with Gasteiger partial charge in [-0.1, -0.05) is 17.4 Å². The lowest BCUT2D eigenvalue weighted by Crippen LogP contribution is -2.19. The smallest absolute Gasteiger partial charge is 0.341 e. The van der Waals surface area contributed by atoms with E-state index in [1.807, 2.05) is 6.92 Å². The van der Waals surface area contributed by atoms with E-state index in [9.17, 15) is 14.7 Å². The van der Waals surface area contributed by atoms with Gasteiger partial charge in [-0.25, -0.2) is 9.48 Å². The molecule has 0 radical (unpaired) electrons. The molecular formula is C15H14N4O3. The van der Waals surface area contributed by atoms with Gasteiger partial charge in [0.25, 0.3) is 0 Å². The SMILES string of the molecule is C=C(C)Cn1cc(C(=O)O)c(=O)c2ccc3c(nnn3C)c21. The van der Waals surface area contributed by atoms with Crippen LogP contribution >= 0.6 is 0 Å². The maximum atomic E-state index is 12.4. The second-order valence-electron chi connectivity index (χ2n) is 5.30. The molecule has 7 nitrogen and oxygen atoms in total. The fourth-order valence-corrected chi connectivity index (χ4v) is 2.55. The Morgan fingerprint density at radius 2 is 2.14 bits per heavy atom. The number of fused-ring (bicyclic) bond motifs is 3. The molecule has 2 heterocycles. The molecule has 3 rings (SSSR count). The summed E-state index contributed by atoms with van der Waals surface area (Å²) < 4.78 is 3.30. The summed E-state index contributed by atoms with van der Waals surface area (Å²) in [5, 5.41) is 17.6. The highest BCUT2D eigenvalue weighted by Crippen LogP contribution is 2.22. The van der Waals surface area contributed by atoms with Crippen LogP contribution in [-0.2, 0) is 13.6 Å². The van der Waals surface area contributed by atoms with E-state index in [0.717, 1.165) is 11.1 Å². The van der Waals surface area contributed by atoms with Crippen LogP contribution < -0.4 is 5.43 Å². The van der Waals surface area contributed by atoms with Crippen molar-refractivity contribution in [2.75, 3.05) is 0 Å². The molecule has 0 saturated heterocycles. The van der Waals surface area contributed by atoms with Crippen LogP contribution in [0.2, 0.25) is 0 Å². The summed E-state index contributed by atoms with van der Waals surface area (Å²) in [4.78, 5) is 23.7. The Morgan fingerprint density at radius 3 is 2.77 bits per heavy atom. The zero-order chi connectivity index (χ0) is 16.0.